The van der Waals surface area contributed by atoms with E-state index in [-0.39, 0.29) is 5.78 Å². The van der Waals surface area contributed by atoms with Gasteiger partial charge in [-0.1, -0.05) is 13.8 Å². The highest BCUT2D eigenvalue weighted by atomic mass is 32.2. The summed E-state index contributed by atoms with van der Waals surface area (Å²) < 4.78 is 23.9. The Bertz CT molecular complexity index is 627. The average molecular weight is 295 g/mol. The highest BCUT2D eigenvalue weighted by molar-refractivity contribution is 7.90. The molecule has 1 heterocycles. The number of nitrogens with zero attached hydrogens (tertiary/aromatic N) is 1. The second-order valence-corrected chi connectivity index (χ2v) is 7.85. The quantitative estimate of drug-likeness (QED) is 0.803. The van der Waals surface area contributed by atoms with Gasteiger partial charge in [-0.25, -0.2) is 8.42 Å². The fourth-order valence-electron chi connectivity index (χ4n) is 2.62. The molecule has 2 rings (SSSR count). The molecule has 0 aromatic heterocycles. The third-order valence-electron chi connectivity index (χ3n) is 4.09. The van der Waals surface area contributed by atoms with Crippen molar-refractivity contribution < 1.29 is 13.2 Å². The lowest BCUT2D eigenvalue weighted by Crippen LogP contribution is -2.22. The average Bonchev–Trinajstić information content (AvgIpc) is 2.67. The Labute approximate surface area is 120 Å². The summed E-state index contributed by atoms with van der Waals surface area (Å²) in [6.07, 6.45) is 1.21. The number of hydrogen-bond acceptors (Lipinski definition) is 4. The van der Waals surface area contributed by atoms with Crippen LogP contribution in [0, 0.1) is 11.8 Å². The minimum absolute atomic E-state index is 0.0494. The molecule has 20 heavy (non-hydrogen) atoms. The monoisotopic (exact) mass is 295 g/mol. The van der Waals surface area contributed by atoms with Crippen LogP contribution in [0.2, 0.25) is 0 Å². The number of anilines is 1. The SMILES string of the molecule is CC(=O)c1ccc(S(C)(=O)=O)c(N2CC(C)C(C)C2)c1. The molecule has 0 radical (unpaired) electrons. The molecule has 1 saturated heterocycles. The Morgan fingerprint density at radius 1 is 1.20 bits per heavy atom. The maximum absolute atomic E-state index is 11.9. The molecular formula is C15H21NO3S. The van der Waals surface area contributed by atoms with Gasteiger partial charge in [0.05, 0.1) is 10.6 Å². The van der Waals surface area contributed by atoms with E-state index in [4.69, 9.17) is 0 Å². The first-order valence-corrected chi connectivity index (χ1v) is 8.69. The highest BCUT2D eigenvalue weighted by Crippen LogP contribution is 2.33. The predicted molar refractivity (Wildman–Crippen MR) is 80.1 cm³/mol. The van der Waals surface area contributed by atoms with Crippen molar-refractivity contribution in [1.29, 1.82) is 0 Å². The van der Waals surface area contributed by atoms with Crippen molar-refractivity contribution in [1.82, 2.24) is 0 Å². The van der Waals surface area contributed by atoms with Gasteiger partial charge in [0.1, 0.15) is 0 Å². The summed E-state index contributed by atoms with van der Waals surface area (Å²) >= 11 is 0. The molecule has 1 aromatic carbocycles. The minimum atomic E-state index is -3.30. The Morgan fingerprint density at radius 2 is 1.75 bits per heavy atom. The second-order valence-electron chi connectivity index (χ2n) is 5.87. The number of ketones is 1. The molecule has 1 aliphatic heterocycles. The van der Waals surface area contributed by atoms with E-state index in [1.165, 1.54) is 13.2 Å². The molecule has 5 heteroatoms. The molecule has 4 nitrogen and oxygen atoms in total. The number of benzene rings is 1. The lowest BCUT2D eigenvalue weighted by Gasteiger charge is -2.22. The first-order valence-electron chi connectivity index (χ1n) is 6.80. The van der Waals surface area contributed by atoms with Crippen LogP contribution >= 0.6 is 0 Å². The molecule has 0 saturated carbocycles. The third kappa shape index (κ3) is 2.87. The summed E-state index contributed by atoms with van der Waals surface area (Å²) in [6.45, 7) is 7.48. The zero-order valence-corrected chi connectivity index (χ0v) is 13.2. The molecule has 110 valence electrons. The lowest BCUT2D eigenvalue weighted by molar-refractivity contribution is 0.101. The van der Waals surface area contributed by atoms with Gasteiger partial charge in [-0.15, -0.1) is 0 Å². The number of sulfone groups is 1. The van der Waals surface area contributed by atoms with E-state index >= 15 is 0 Å². The van der Waals surface area contributed by atoms with Gasteiger partial charge in [0, 0.05) is 24.9 Å². The molecule has 1 fully saturated rings. The fraction of sp³-hybridized carbons (Fsp3) is 0.533. The van der Waals surface area contributed by atoms with Crippen LogP contribution in [0.5, 0.6) is 0 Å². The van der Waals surface area contributed by atoms with Gasteiger partial charge in [0.25, 0.3) is 0 Å². The molecule has 0 N–H and O–H groups in total. The smallest absolute Gasteiger partial charge is 0.177 e. The summed E-state index contributed by atoms with van der Waals surface area (Å²) in [6, 6.07) is 4.85. The van der Waals surface area contributed by atoms with Crippen molar-refractivity contribution in [2.75, 3.05) is 24.2 Å². The lowest BCUT2D eigenvalue weighted by atomic mass is 10.0. The van der Waals surface area contributed by atoms with Crippen LogP contribution in [0.25, 0.3) is 0 Å². The molecule has 0 amide bonds. The molecular weight excluding hydrogens is 274 g/mol. The number of carbonyl (C=O) groups excluding carboxylic acids is 1. The zero-order chi connectivity index (χ0) is 15.1. The molecule has 0 spiro atoms. The van der Waals surface area contributed by atoms with Gasteiger partial charge in [-0.2, -0.15) is 0 Å². The van der Waals surface area contributed by atoms with Gasteiger partial charge < -0.3 is 4.90 Å². The first kappa shape index (κ1) is 15.0. The normalized spacial score (nSPS) is 23.1. The summed E-state index contributed by atoms with van der Waals surface area (Å²) in [5, 5.41) is 0. The Kier molecular flexibility index (Phi) is 3.91. The van der Waals surface area contributed by atoms with Gasteiger partial charge in [-0.3, -0.25) is 4.79 Å². The summed E-state index contributed by atoms with van der Waals surface area (Å²) in [4.78, 5) is 13.9. The summed E-state index contributed by atoms with van der Waals surface area (Å²) in [5.41, 5.74) is 1.22. The van der Waals surface area contributed by atoms with Gasteiger partial charge in [0.2, 0.25) is 0 Å². The van der Waals surface area contributed by atoms with Gasteiger partial charge in [-0.05, 0) is 37.0 Å². The van der Waals surface area contributed by atoms with Crippen LogP contribution < -0.4 is 4.90 Å². The van der Waals surface area contributed by atoms with Crippen LogP contribution in [0.4, 0.5) is 5.69 Å². The van der Waals surface area contributed by atoms with Gasteiger partial charge in [0.15, 0.2) is 15.6 Å². The molecule has 2 unspecified atom stereocenters. The number of carbonyl (C=O) groups is 1. The number of hydrogen-bond donors (Lipinski definition) is 0. The van der Waals surface area contributed by atoms with Crippen LogP contribution in [0.15, 0.2) is 23.1 Å². The van der Waals surface area contributed by atoms with E-state index in [9.17, 15) is 13.2 Å². The zero-order valence-electron chi connectivity index (χ0n) is 12.4. The number of Topliss-reactive ketones (excluding diaryl/α,β-unsaturated/α-hetero) is 1. The second kappa shape index (κ2) is 5.20. The fourth-order valence-corrected chi connectivity index (χ4v) is 3.51. The van der Waals surface area contributed by atoms with Crippen LogP contribution in [-0.4, -0.2) is 33.5 Å². The van der Waals surface area contributed by atoms with Crippen molar-refractivity contribution in [3.63, 3.8) is 0 Å². The first-order chi connectivity index (χ1) is 9.20. The maximum Gasteiger partial charge on any atom is 0.177 e. The predicted octanol–water partition coefficient (Wildman–Crippen LogP) is 2.38. The topological polar surface area (TPSA) is 54.5 Å². The summed E-state index contributed by atoms with van der Waals surface area (Å²) in [5.74, 6) is 0.985. The van der Waals surface area contributed by atoms with Crippen LogP contribution in [-0.2, 0) is 9.84 Å². The van der Waals surface area contributed by atoms with Crippen molar-refractivity contribution >= 4 is 21.3 Å². The largest absolute Gasteiger partial charge is 0.370 e. The van der Waals surface area contributed by atoms with Crippen LogP contribution in [0.3, 0.4) is 0 Å². The number of rotatable bonds is 3. The van der Waals surface area contributed by atoms with E-state index in [1.54, 1.807) is 18.2 Å². The van der Waals surface area contributed by atoms with Crippen molar-refractivity contribution in [3.05, 3.63) is 23.8 Å². The molecule has 2 atom stereocenters. The maximum atomic E-state index is 11.9. The van der Waals surface area contributed by atoms with E-state index in [0.29, 0.717) is 28.0 Å². The summed E-state index contributed by atoms with van der Waals surface area (Å²) in [7, 11) is -3.30. The molecule has 1 aromatic rings. The standard InChI is InChI=1S/C15H21NO3S/c1-10-8-16(9-11(10)2)14-7-13(12(3)17)5-6-15(14)20(4,18)19/h5-7,10-11H,8-9H2,1-4H3. The minimum Gasteiger partial charge on any atom is -0.370 e. The van der Waals surface area contributed by atoms with E-state index < -0.39 is 9.84 Å². The highest BCUT2D eigenvalue weighted by Gasteiger charge is 2.29. The molecule has 1 aliphatic rings. The van der Waals surface area contributed by atoms with Crippen molar-refractivity contribution in [2.24, 2.45) is 11.8 Å². The van der Waals surface area contributed by atoms with Gasteiger partial charge >= 0.3 is 0 Å². The van der Waals surface area contributed by atoms with Crippen molar-refractivity contribution in [3.8, 4) is 0 Å². The van der Waals surface area contributed by atoms with Crippen molar-refractivity contribution in [2.45, 2.75) is 25.7 Å². The van der Waals surface area contributed by atoms with E-state index in [1.807, 2.05) is 0 Å². The van der Waals surface area contributed by atoms with E-state index in [2.05, 4.69) is 18.7 Å². The third-order valence-corrected chi connectivity index (χ3v) is 5.24. The molecule has 0 aliphatic carbocycles. The Morgan fingerprint density at radius 3 is 2.20 bits per heavy atom. The van der Waals surface area contributed by atoms with E-state index in [0.717, 1.165) is 13.1 Å². The Hall–Kier alpha value is -1.36. The molecule has 0 bridgehead atoms. The van der Waals surface area contributed by atoms with Crippen LogP contribution in [0.1, 0.15) is 31.1 Å². The Balaban J connectivity index is 2.53.